The zero-order chi connectivity index (χ0) is 12.1. The Morgan fingerprint density at radius 2 is 2.31 bits per heavy atom. The van der Waals surface area contributed by atoms with Crippen molar-refractivity contribution in [2.24, 2.45) is 5.92 Å². The molecule has 0 aliphatic carbocycles. The van der Waals surface area contributed by atoms with E-state index >= 15 is 0 Å². The summed E-state index contributed by atoms with van der Waals surface area (Å²) in [5.74, 6) is -1.36. The van der Waals surface area contributed by atoms with Crippen molar-refractivity contribution in [2.45, 2.75) is 13.0 Å². The molecular formula is C10H18N2O4. The molecule has 92 valence electrons. The third-order valence-electron chi connectivity index (χ3n) is 2.63. The van der Waals surface area contributed by atoms with Crippen LogP contribution in [0.3, 0.4) is 0 Å². The Balaban J connectivity index is 2.67. The highest BCUT2D eigenvalue weighted by atomic mass is 16.5. The quantitative estimate of drug-likeness (QED) is 0.658. The molecule has 0 aromatic carbocycles. The number of carbonyl (C=O) groups excluding carboxylic acids is 1. The number of carboxylic acid groups (broad SMARTS) is 1. The van der Waals surface area contributed by atoms with Gasteiger partial charge in [0.05, 0.1) is 13.2 Å². The summed E-state index contributed by atoms with van der Waals surface area (Å²) in [5.41, 5.74) is 0. The van der Waals surface area contributed by atoms with Gasteiger partial charge < -0.3 is 20.1 Å². The molecule has 0 bridgehead atoms. The van der Waals surface area contributed by atoms with Crippen LogP contribution in [0.15, 0.2) is 0 Å². The largest absolute Gasteiger partial charge is 0.480 e. The predicted octanol–water partition coefficient (Wildman–Crippen LogP) is -0.846. The Hall–Kier alpha value is -1.14. The van der Waals surface area contributed by atoms with E-state index in [1.807, 2.05) is 0 Å². The number of carbonyl (C=O) groups is 2. The molecule has 1 saturated heterocycles. The van der Waals surface area contributed by atoms with Crippen molar-refractivity contribution >= 4 is 11.9 Å². The number of carboxylic acids is 1. The van der Waals surface area contributed by atoms with E-state index in [0.29, 0.717) is 19.7 Å². The van der Waals surface area contributed by atoms with Gasteiger partial charge in [-0.05, 0) is 7.05 Å². The zero-order valence-electron chi connectivity index (χ0n) is 9.60. The number of hydrogen-bond donors (Lipinski definition) is 2. The second-order valence-electron chi connectivity index (χ2n) is 3.92. The van der Waals surface area contributed by atoms with E-state index in [4.69, 9.17) is 9.84 Å². The molecule has 1 heterocycles. The van der Waals surface area contributed by atoms with Crippen molar-refractivity contribution in [1.29, 1.82) is 0 Å². The minimum atomic E-state index is -1.01. The molecule has 0 saturated carbocycles. The lowest BCUT2D eigenvalue weighted by atomic mass is 10.1. The van der Waals surface area contributed by atoms with Crippen LogP contribution in [0.5, 0.6) is 0 Å². The monoisotopic (exact) mass is 230 g/mol. The van der Waals surface area contributed by atoms with Crippen LogP contribution in [0.1, 0.15) is 6.92 Å². The zero-order valence-corrected chi connectivity index (χ0v) is 9.60. The van der Waals surface area contributed by atoms with Gasteiger partial charge in [0.1, 0.15) is 0 Å². The van der Waals surface area contributed by atoms with Crippen molar-refractivity contribution in [2.75, 3.05) is 33.4 Å². The lowest BCUT2D eigenvalue weighted by Gasteiger charge is -2.34. The molecule has 0 aromatic heterocycles. The molecule has 16 heavy (non-hydrogen) atoms. The van der Waals surface area contributed by atoms with Crippen molar-refractivity contribution < 1.29 is 19.4 Å². The van der Waals surface area contributed by atoms with Gasteiger partial charge in [0, 0.05) is 19.0 Å². The Kier molecular flexibility index (Phi) is 4.70. The van der Waals surface area contributed by atoms with E-state index in [1.165, 1.54) is 4.90 Å². The molecule has 2 unspecified atom stereocenters. The summed E-state index contributed by atoms with van der Waals surface area (Å²) in [6, 6.07) is -0.847. The molecule has 1 amide bonds. The van der Waals surface area contributed by atoms with Gasteiger partial charge in [0.15, 0.2) is 6.04 Å². The summed E-state index contributed by atoms with van der Waals surface area (Å²) < 4.78 is 5.07. The van der Waals surface area contributed by atoms with Crippen LogP contribution in [0.4, 0.5) is 0 Å². The number of hydrogen-bond acceptors (Lipinski definition) is 4. The van der Waals surface area contributed by atoms with E-state index < -0.39 is 12.0 Å². The Morgan fingerprint density at radius 1 is 1.62 bits per heavy atom. The van der Waals surface area contributed by atoms with E-state index in [-0.39, 0.29) is 18.4 Å². The van der Waals surface area contributed by atoms with Gasteiger partial charge in [0.25, 0.3) is 0 Å². The van der Waals surface area contributed by atoms with Gasteiger partial charge in [-0.15, -0.1) is 0 Å². The maximum absolute atomic E-state index is 12.0. The third kappa shape index (κ3) is 2.93. The summed E-state index contributed by atoms with van der Waals surface area (Å²) in [5, 5.41) is 11.9. The van der Waals surface area contributed by atoms with Crippen molar-refractivity contribution in [3.05, 3.63) is 0 Å². The van der Waals surface area contributed by atoms with Crippen molar-refractivity contribution in [1.82, 2.24) is 10.2 Å². The molecule has 2 N–H and O–H groups in total. The highest BCUT2D eigenvalue weighted by Crippen LogP contribution is 2.11. The SMILES string of the molecule is CNCC(C)C(=O)N1CCOCC1C(=O)O. The van der Waals surface area contributed by atoms with Crippen LogP contribution in [-0.4, -0.2) is 61.3 Å². The fourth-order valence-corrected chi connectivity index (χ4v) is 1.75. The molecule has 0 radical (unpaired) electrons. The first kappa shape index (κ1) is 12.9. The molecule has 2 atom stereocenters. The smallest absolute Gasteiger partial charge is 0.328 e. The Labute approximate surface area is 94.6 Å². The molecule has 6 heteroatoms. The molecular weight excluding hydrogens is 212 g/mol. The number of amides is 1. The normalized spacial score (nSPS) is 22.9. The molecule has 0 aromatic rings. The van der Waals surface area contributed by atoms with Gasteiger partial charge in [-0.25, -0.2) is 4.79 Å². The number of morpholine rings is 1. The van der Waals surface area contributed by atoms with Crippen LogP contribution in [-0.2, 0) is 14.3 Å². The number of nitrogens with one attached hydrogen (secondary N) is 1. The fraction of sp³-hybridized carbons (Fsp3) is 0.800. The standard InChI is InChI=1S/C10H18N2O4/c1-7(5-11-2)9(13)12-3-4-16-6-8(12)10(14)15/h7-8,11H,3-6H2,1-2H3,(H,14,15). The van der Waals surface area contributed by atoms with Gasteiger partial charge in [-0.1, -0.05) is 6.92 Å². The molecule has 1 rings (SSSR count). The van der Waals surface area contributed by atoms with Gasteiger partial charge >= 0.3 is 5.97 Å². The highest BCUT2D eigenvalue weighted by Gasteiger charge is 2.34. The third-order valence-corrected chi connectivity index (χ3v) is 2.63. The summed E-state index contributed by atoms with van der Waals surface area (Å²) in [7, 11) is 1.76. The molecule has 1 aliphatic heterocycles. The summed E-state index contributed by atoms with van der Waals surface area (Å²) in [4.78, 5) is 24.3. The topological polar surface area (TPSA) is 78.9 Å². The first-order valence-electron chi connectivity index (χ1n) is 5.33. The average molecular weight is 230 g/mol. The van der Waals surface area contributed by atoms with E-state index in [1.54, 1.807) is 14.0 Å². The molecule has 1 aliphatic rings. The minimum absolute atomic E-state index is 0.0767. The van der Waals surface area contributed by atoms with Gasteiger partial charge in [0.2, 0.25) is 5.91 Å². The number of ether oxygens (including phenoxy) is 1. The van der Waals surface area contributed by atoms with Crippen LogP contribution in [0, 0.1) is 5.92 Å². The second-order valence-corrected chi connectivity index (χ2v) is 3.92. The summed E-state index contributed by atoms with van der Waals surface area (Å²) in [6.07, 6.45) is 0. The average Bonchev–Trinajstić information content (AvgIpc) is 2.28. The Bertz CT molecular complexity index is 270. The highest BCUT2D eigenvalue weighted by molar-refractivity contribution is 5.85. The minimum Gasteiger partial charge on any atom is -0.480 e. The van der Waals surface area contributed by atoms with E-state index in [2.05, 4.69) is 5.32 Å². The van der Waals surface area contributed by atoms with Crippen molar-refractivity contribution in [3.63, 3.8) is 0 Å². The van der Waals surface area contributed by atoms with E-state index in [0.717, 1.165) is 0 Å². The lowest BCUT2D eigenvalue weighted by Crippen LogP contribution is -2.54. The van der Waals surface area contributed by atoms with Crippen LogP contribution in [0.2, 0.25) is 0 Å². The summed E-state index contributed by atoms with van der Waals surface area (Å²) in [6.45, 7) is 3.16. The first-order valence-corrected chi connectivity index (χ1v) is 5.33. The fourth-order valence-electron chi connectivity index (χ4n) is 1.75. The molecule has 0 spiro atoms. The molecule has 1 fully saturated rings. The van der Waals surface area contributed by atoms with E-state index in [9.17, 15) is 9.59 Å². The predicted molar refractivity (Wildman–Crippen MR) is 57.0 cm³/mol. The number of nitrogens with zero attached hydrogens (tertiary/aromatic N) is 1. The second kappa shape index (κ2) is 5.81. The Morgan fingerprint density at radius 3 is 2.88 bits per heavy atom. The van der Waals surface area contributed by atoms with Gasteiger partial charge in [-0.2, -0.15) is 0 Å². The van der Waals surface area contributed by atoms with Crippen LogP contribution in [0.25, 0.3) is 0 Å². The molecule has 6 nitrogen and oxygen atoms in total. The maximum Gasteiger partial charge on any atom is 0.328 e. The maximum atomic E-state index is 12.0. The van der Waals surface area contributed by atoms with Crippen LogP contribution >= 0.6 is 0 Å². The van der Waals surface area contributed by atoms with Crippen molar-refractivity contribution in [3.8, 4) is 0 Å². The summed E-state index contributed by atoms with van der Waals surface area (Å²) >= 11 is 0. The van der Waals surface area contributed by atoms with Gasteiger partial charge in [-0.3, -0.25) is 4.79 Å². The first-order chi connectivity index (χ1) is 7.57. The van der Waals surface area contributed by atoms with Crippen LogP contribution < -0.4 is 5.32 Å². The lowest BCUT2D eigenvalue weighted by molar-refractivity contribution is -0.159. The number of aliphatic carboxylic acids is 1. The number of rotatable bonds is 4.